The molecule has 0 heterocycles. The van der Waals surface area contributed by atoms with E-state index < -0.39 is 46.8 Å². The van der Waals surface area contributed by atoms with E-state index >= 15 is 0 Å². The highest BCUT2D eigenvalue weighted by molar-refractivity contribution is 6.18. The van der Waals surface area contributed by atoms with Crippen LogP contribution in [0.15, 0.2) is 36.4 Å². The van der Waals surface area contributed by atoms with Crippen LogP contribution in [-0.4, -0.2) is 40.8 Å². The van der Waals surface area contributed by atoms with E-state index in [4.69, 9.17) is 23.2 Å². The second-order valence-corrected chi connectivity index (χ2v) is 7.08. The van der Waals surface area contributed by atoms with Gasteiger partial charge in [-0.3, -0.25) is 9.69 Å². The first-order valence-corrected chi connectivity index (χ1v) is 9.84. The summed E-state index contributed by atoms with van der Waals surface area (Å²) in [6.45, 7) is 0.0829. The van der Waals surface area contributed by atoms with Crippen LogP contribution in [0.5, 0.6) is 0 Å². The summed E-state index contributed by atoms with van der Waals surface area (Å²) in [5, 5.41) is 9.25. The summed E-state index contributed by atoms with van der Waals surface area (Å²) < 4.78 is 58.2. The van der Waals surface area contributed by atoms with Crippen LogP contribution in [0.2, 0.25) is 0 Å². The lowest BCUT2D eigenvalue weighted by molar-refractivity contribution is -0.137. The average molecular weight is 452 g/mol. The Morgan fingerprint density at radius 3 is 1.93 bits per heavy atom. The lowest BCUT2D eigenvalue weighted by Gasteiger charge is -2.45. The Labute approximate surface area is 175 Å². The van der Waals surface area contributed by atoms with Crippen LogP contribution in [0.25, 0.3) is 0 Å². The molecule has 0 aliphatic heterocycles. The number of hydrogen-bond donors (Lipinski definition) is 1. The maximum absolute atomic E-state index is 15.0. The molecule has 0 bridgehead atoms. The van der Waals surface area contributed by atoms with Gasteiger partial charge in [-0.2, -0.15) is 0 Å². The molecule has 2 aromatic carbocycles. The third-order valence-corrected chi connectivity index (χ3v) is 5.06. The molecule has 0 saturated carbocycles. The molecule has 0 aliphatic rings. The molecule has 3 nitrogen and oxygen atoms in total. The number of halogens is 6. The smallest absolute Gasteiger partial charge is 0.303 e. The first kappa shape index (κ1) is 23.4. The summed E-state index contributed by atoms with van der Waals surface area (Å²) in [4.78, 5) is 12.8. The molecule has 1 N–H and O–H groups in total. The molecule has 0 fully saturated rings. The van der Waals surface area contributed by atoms with Crippen LogP contribution < -0.4 is 0 Å². The molecule has 0 aliphatic carbocycles. The fourth-order valence-electron chi connectivity index (χ4n) is 3.55. The lowest BCUT2D eigenvalue weighted by atomic mass is 9.76. The van der Waals surface area contributed by atoms with Gasteiger partial charge in [-0.15, -0.1) is 23.2 Å². The minimum Gasteiger partial charge on any atom is -0.481 e. The maximum atomic E-state index is 15.0. The number of alkyl halides is 2. The van der Waals surface area contributed by atoms with E-state index in [1.54, 1.807) is 18.2 Å². The summed E-state index contributed by atoms with van der Waals surface area (Å²) in [7, 11) is 0. The van der Waals surface area contributed by atoms with Crippen molar-refractivity contribution in [3.8, 4) is 0 Å². The van der Waals surface area contributed by atoms with E-state index in [2.05, 4.69) is 0 Å². The molecule has 0 radical (unpaired) electrons. The number of nitrogens with zero attached hydrogens (tertiary/aromatic N) is 1. The highest BCUT2D eigenvalue weighted by Crippen LogP contribution is 2.43. The average Bonchev–Trinajstić information content (AvgIpc) is 2.69. The van der Waals surface area contributed by atoms with Crippen LogP contribution >= 0.6 is 23.2 Å². The predicted molar refractivity (Wildman–Crippen MR) is 103 cm³/mol. The minimum atomic E-state index is -1.85. The first-order valence-electron chi connectivity index (χ1n) is 8.77. The van der Waals surface area contributed by atoms with Crippen molar-refractivity contribution in [2.75, 3.05) is 24.8 Å². The Hall–Kier alpha value is -1.83. The van der Waals surface area contributed by atoms with Crippen molar-refractivity contribution in [2.45, 2.75) is 18.4 Å². The molecule has 158 valence electrons. The molecule has 2 aromatic rings. The van der Waals surface area contributed by atoms with Crippen LogP contribution in [0, 0.1) is 23.3 Å². The topological polar surface area (TPSA) is 40.5 Å². The summed E-state index contributed by atoms with van der Waals surface area (Å²) in [5.41, 5.74) is -2.49. The summed E-state index contributed by atoms with van der Waals surface area (Å²) >= 11 is 11.8. The highest BCUT2D eigenvalue weighted by Gasteiger charge is 2.45. The molecular weight excluding hydrogens is 433 g/mol. The van der Waals surface area contributed by atoms with Crippen LogP contribution in [0.4, 0.5) is 17.6 Å². The number of benzene rings is 2. The Balaban J connectivity index is 2.94. The third-order valence-electron chi connectivity index (χ3n) is 4.73. The van der Waals surface area contributed by atoms with E-state index in [1.165, 1.54) is 17.0 Å². The number of aliphatic carboxylic acids is 1. The van der Waals surface area contributed by atoms with Crippen LogP contribution in [-0.2, 0) is 10.3 Å². The number of carboxylic acid groups (broad SMARTS) is 1. The maximum Gasteiger partial charge on any atom is 0.303 e. The molecule has 0 amide bonds. The minimum absolute atomic E-state index is 0.0135. The van der Waals surface area contributed by atoms with Gasteiger partial charge in [-0.1, -0.05) is 30.3 Å². The summed E-state index contributed by atoms with van der Waals surface area (Å²) in [5.74, 6) is -7.55. The van der Waals surface area contributed by atoms with Crippen molar-refractivity contribution in [2.24, 2.45) is 0 Å². The molecule has 1 atom stereocenters. The zero-order valence-electron chi connectivity index (χ0n) is 15.3. The van der Waals surface area contributed by atoms with Crippen LogP contribution in [0.1, 0.15) is 24.0 Å². The molecule has 29 heavy (non-hydrogen) atoms. The second-order valence-electron chi connectivity index (χ2n) is 6.33. The van der Waals surface area contributed by atoms with E-state index in [0.29, 0.717) is 0 Å². The van der Waals surface area contributed by atoms with Gasteiger partial charge in [0.1, 0.15) is 0 Å². The number of rotatable bonds is 10. The zero-order valence-corrected chi connectivity index (χ0v) is 16.8. The number of carbonyl (C=O) groups is 1. The monoisotopic (exact) mass is 451 g/mol. The van der Waals surface area contributed by atoms with Gasteiger partial charge >= 0.3 is 5.97 Å². The second kappa shape index (κ2) is 10.3. The standard InChI is InChI=1S/C20H19Cl2F4NO2/c21-8-10-27(11-9-22)20(7-6-16(28)29,13-4-2-1-3-5-13)17-18(25)14(23)12-15(24)19(17)26/h1-5,12H,6-11H2,(H,28,29). The Morgan fingerprint density at radius 2 is 1.48 bits per heavy atom. The quantitative estimate of drug-likeness (QED) is 0.309. The molecular formula is C20H19Cl2F4NO2. The molecule has 2 rings (SSSR count). The first-order chi connectivity index (χ1) is 13.8. The summed E-state index contributed by atoms with van der Waals surface area (Å²) in [6, 6.07) is 7.95. The molecule has 1 unspecified atom stereocenters. The molecule has 0 saturated heterocycles. The van der Waals surface area contributed by atoms with E-state index in [1.807, 2.05) is 0 Å². The SMILES string of the molecule is O=C(O)CCC(c1ccccc1)(c1c(F)c(F)cc(F)c1F)N(CCCl)CCCl. The van der Waals surface area contributed by atoms with Crippen molar-refractivity contribution in [1.82, 2.24) is 4.90 Å². The van der Waals surface area contributed by atoms with E-state index in [9.17, 15) is 27.5 Å². The zero-order chi connectivity index (χ0) is 21.6. The number of hydrogen-bond acceptors (Lipinski definition) is 2. The Kier molecular flexibility index (Phi) is 8.31. The van der Waals surface area contributed by atoms with Crippen molar-refractivity contribution < 1.29 is 27.5 Å². The fourth-order valence-corrected chi connectivity index (χ4v) is 3.96. The number of carboxylic acids is 1. The molecule has 0 aromatic heterocycles. The molecule has 0 spiro atoms. The van der Waals surface area contributed by atoms with E-state index in [0.717, 1.165) is 0 Å². The largest absolute Gasteiger partial charge is 0.481 e. The van der Waals surface area contributed by atoms with Gasteiger partial charge in [0, 0.05) is 37.3 Å². The third kappa shape index (κ3) is 4.85. The normalized spacial score (nSPS) is 13.5. The van der Waals surface area contributed by atoms with Gasteiger partial charge in [-0.25, -0.2) is 17.6 Å². The van der Waals surface area contributed by atoms with Gasteiger partial charge in [0.05, 0.1) is 11.1 Å². The van der Waals surface area contributed by atoms with Crippen LogP contribution in [0.3, 0.4) is 0 Å². The van der Waals surface area contributed by atoms with Gasteiger partial charge in [0.25, 0.3) is 0 Å². The van der Waals surface area contributed by atoms with Crippen molar-refractivity contribution in [3.05, 3.63) is 70.8 Å². The molecule has 9 heteroatoms. The fraction of sp³-hybridized carbons (Fsp3) is 0.350. The van der Waals surface area contributed by atoms with Crippen molar-refractivity contribution in [1.29, 1.82) is 0 Å². The predicted octanol–water partition coefficient (Wildman–Crippen LogP) is 5.13. The Bertz CT molecular complexity index is 822. The van der Waals surface area contributed by atoms with Gasteiger partial charge in [0.2, 0.25) is 0 Å². The van der Waals surface area contributed by atoms with Crippen molar-refractivity contribution >= 4 is 29.2 Å². The summed E-state index contributed by atoms with van der Waals surface area (Å²) in [6.07, 6.45) is -0.885. The van der Waals surface area contributed by atoms with Crippen molar-refractivity contribution in [3.63, 3.8) is 0 Å². The highest BCUT2D eigenvalue weighted by atomic mass is 35.5. The lowest BCUT2D eigenvalue weighted by Crippen LogP contribution is -2.50. The van der Waals surface area contributed by atoms with Gasteiger partial charge in [-0.05, 0) is 12.0 Å². The van der Waals surface area contributed by atoms with Gasteiger partial charge < -0.3 is 5.11 Å². The van der Waals surface area contributed by atoms with Gasteiger partial charge in [0.15, 0.2) is 23.3 Å². The van der Waals surface area contributed by atoms with E-state index in [-0.39, 0.29) is 42.9 Å². The Morgan fingerprint density at radius 1 is 0.966 bits per heavy atom.